The quantitative estimate of drug-likeness (QED) is 0.632. The van der Waals surface area contributed by atoms with Crippen LogP contribution in [0, 0.1) is 0 Å². The van der Waals surface area contributed by atoms with Gasteiger partial charge in [-0.1, -0.05) is 11.6 Å². The van der Waals surface area contributed by atoms with Crippen molar-refractivity contribution < 1.29 is 20.1 Å². The standard InChI is InChI=1S/C8H9ClN2O4/c9-8-4(2-10-3-11-8)7(15)5(12)1-6(13)14/h2-3,5,7,12,15H,1H2,(H,13,14). The van der Waals surface area contributed by atoms with Gasteiger partial charge < -0.3 is 15.3 Å². The van der Waals surface area contributed by atoms with Crippen LogP contribution in [0.25, 0.3) is 0 Å². The third-order valence-electron chi connectivity index (χ3n) is 1.76. The van der Waals surface area contributed by atoms with Crippen molar-refractivity contribution in [3.05, 3.63) is 23.2 Å². The molecule has 3 N–H and O–H groups in total. The fourth-order valence-corrected chi connectivity index (χ4v) is 1.23. The minimum absolute atomic E-state index is 0.0121. The maximum absolute atomic E-state index is 10.3. The number of halogens is 1. The lowest BCUT2D eigenvalue weighted by Crippen LogP contribution is -2.22. The molecule has 0 aliphatic heterocycles. The molecule has 0 saturated heterocycles. The van der Waals surface area contributed by atoms with Crippen LogP contribution in [0.1, 0.15) is 18.1 Å². The molecule has 82 valence electrons. The van der Waals surface area contributed by atoms with Crippen LogP contribution in [0.3, 0.4) is 0 Å². The molecule has 2 unspecified atom stereocenters. The maximum atomic E-state index is 10.3. The molecule has 0 spiro atoms. The number of aliphatic hydroxyl groups is 2. The van der Waals surface area contributed by atoms with Gasteiger partial charge in [-0.3, -0.25) is 4.79 Å². The van der Waals surface area contributed by atoms with Crippen molar-refractivity contribution in [1.82, 2.24) is 9.97 Å². The van der Waals surface area contributed by atoms with Crippen LogP contribution < -0.4 is 0 Å². The van der Waals surface area contributed by atoms with Gasteiger partial charge >= 0.3 is 5.97 Å². The number of aliphatic carboxylic acids is 1. The van der Waals surface area contributed by atoms with E-state index in [1.165, 1.54) is 12.5 Å². The van der Waals surface area contributed by atoms with E-state index in [0.717, 1.165) is 0 Å². The smallest absolute Gasteiger partial charge is 0.306 e. The first kappa shape index (κ1) is 11.8. The molecule has 0 aliphatic rings. The van der Waals surface area contributed by atoms with Crippen molar-refractivity contribution in [2.24, 2.45) is 0 Å². The molecule has 15 heavy (non-hydrogen) atoms. The zero-order chi connectivity index (χ0) is 11.4. The number of hydrogen-bond donors (Lipinski definition) is 3. The largest absolute Gasteiger partial charge is 0.481 e. The Labute approximate surface area is 90.2 Å². The Morgan fingerprint density at radius 1 is 1.53 bits per heavy atom. The van der Waals surface area contributed by atoms with Crippen molar-refractivity contribution in [2.75, 3.05) is 0 Å². The number of hydrogen-bond acceptors (Lipinski definition) is 5. The van der Waals surface area contributed by atoms with Gasteiger partial charge in [-0.2, -0.15) is 0 Å². The molecule has 0 aliphatic carbocycles. The first-order valence-electron chi connectivity index (χ1n) is 4.05. The SMILES string of the molecule is O=C(O)CC(O)C(O)c1cncnc1Cl. The second-order valence-corrected chi connectivity index (χ2v) is 3.24. The Bertz CT molecular complexity index is 360. The normalized spacial score (nSPS) is 14.6. The molecule has 1 aromatic rings. The molecule has 7 heteroatoms. The van der Waals surface area contributed by atoms with Gasteiger partial charge in [0.2, 0.25) is 0 Å². The highest BCUT2D eigenvalue weighted by Gasteiger charge is 2.23. The van der Waals surface area contributed by atoms with E-state index in [1.807, 2.05) is 0 Å². The van der Waals surface area contributed by atoms with Gasteiger partial charge in [0.25, 0.3) is 0 Å². The average Bonchev–Trinajstić information content (AvgIpc) is 2.16. The maximum Gasteiger partial charge on any atom is 0.306 e. The van der Waals surface area contributed by atoms with E-state index in [-0.39, 0.29) is 10.7 Å². The van der Waals surface area contributed by atoms with E-state index >= 15 is 0 Å². The second kappa shape index (κ2) is 5.01. The minimum Gasteiger partial charge on any atom is -0.481 e. The second-order valence-electron chi connectivity index (χ2n) is 2.88. The van der Waals surface area contributed by atoms with Crippen LogP contribution in [0.4, 0.5) is 0 Å². The molecule has 0 bridgehead atoms. The Morgan fingerprint density at radius 2 is 2.20 bits per heavy atom. The van der Waals surface area contributed by atoms with E-state index in [1.54, 1.807) is 0 Å². The molecule has 0 aromatic carbocycles. The molecular formula is C8H9ClN2O4. The van der Waals surface area contributed by atoms with Crippen molar-refractivity contribution in [2.45, 2.75) is 18.6 Å². The number of nitrogens with zero attached hydrogens (tertiary/aromatic N) is 2. The molecule has 1 rings (SSSR count). The summed E-state index contributed by atoms with van der Waals surface area (Å²) in [5, 5.41) is 27.3. The third kappa shape index (κ3) is 3.12. The number of rotatable bonds is 4. The van der Waals surface area contributed by atoms with Gasteiger partial charge in [0, 0.05) is 11.8 Å². The Kier molecular flexibility index (Phi) is 3.96. The number of aliphatic hydroxyl groups excluding tert-OH is 2. The lowest BCUT2D eigenvalue weighted by Gasteiger charge is -2.16. The third-order valence-corrected chi connectivity index (χ3v) is 2.07. The van der Waals surface area contributed by atoms with E-state index in [0.29, 0.717) is 0 Å². The van der Waals surface area contributed by atoms with E-state index in [2.05, 4.69) is 9.97 Å². The summed E-state index contributed by atoms with van der Waals surface area (Å²) in [5.74, 6) is -1.21. The molecule has 1 heterocycles. The fraction of sp³-hybridized carbons (Fsp3) is 0.375. The Morgan fingerprint density at radius 3 is 2.73 bits per heavy atom. The first-order chi connectivity index (χ1) is 7.02. The van der Waals surface area contributed by atoms with Crippen LogP contribution >= 0.6 is 11.6 Å². The summed E-state index contributed by atoms with van der Waals surface area (Å²) in [6, 6.07) is 0. The molecule has 0 fully saturated rings. The molecule has 0 saturated carbocycles. The molecule has 1 aromatic heterocycles. The highest BCUT2D eigenvalue weighted by atomic mass is 35.5. The van der Waals surface area contributed by atoms with Crippen LogP contribution in [0.5, 0.6) is 0 Å². The van der Waals surface area contributed by atoms with Crippen LogP contribution in [-0.4, -0.2) is 37.4 Å². The summed E-state index contributed by atoms with van der Waals surface area (Å²) in [6.07, 6.45) is -1.01. The van der Waals surface area contributed by atoms with Gasteiger partial charge in [0.05, 0.1) is 12.5 Å². The summed E-state index contributed by atoms with van der Waals surface area (Å²) in [5.41, 5.74) is 0.105. The molecular weight excluding hydrogens is 224 g/mol. The lowest BCUT2D eigenvalue weighted by atomic mass is 10.1. The zero-order valence-corrected chi connectivity index (χ0v) is 8.29. The van der Waals surface area contributed by atoms with E-state index < -0.39 is 24.6 Å². The predicted octanol–water partition coefficient (Wildman–Crippen LogP) is -0.00100. The summed E-state index contributed by atoms with van der Waals surface area (Å²) in [7, 11) is 0. The Balaban J connectivity index is 2.80. The van der Waals surface area contributed by atoms with Gasteiger partial charge in [-0.15, -0.1) is 0 Å². The average molecular weight is 233 g/mol. The molecule has 0 amide bonds. The number of aromatic nitrogens is 2. The lowest BCUT2D eigenvalue weighted by molar-refractivity contribution is -0.141. The molecule has 2 atom stereocenters. The van der Waals surface area contributed by atoms with Gasteiger partial charge in [-0.05, 0) is 0 Å². The number of carbonyl (C=O) groups is 1. The topological polar surface area (TPSA) is 104 Å². The number of carboxylic acid groups (broad SMARTS) is 1. The number of carboxylic acids is 1. The van der Waals surface area contributed by atoms with Crippen molar-refractivity contribution in [3.63, 3.8) is 0 Å². The predicted molar refractivity (Wildman–Crippen MR) is 50.3 cm³/mol. The van der Waals surface area contributed by atoms with Crippen molar-refractivity contribution in [1.29, 1.82) is 0 Å². The van der Waals surface area contributed by atoms with Gasteiger partial charge in [0.15, 0.2) is 0 Å². The highest BCUT2D eigenvalue weighted by molar-refractivity contribution is 6.30. The summed E-state index contributed by atoms with van der Waals surface area (Å²) < 4.78 is 0. The summed E-state index contributed by atoms with van der Waals surface area (Å²) >= 11 is 5.63. The van der Waals surface area contributed by atoms with Gasteiger partial charge in [-0.25, -0.2) is 9.97 Å². The monoisotopic (exact) mass is 232 g/mol. The summed E-state index contributed by atoms with van der Waals surface area (Å²) in [4.78, 5) is 17.5. The van der Waals surface area contributed by atoms with E-state index in [4.69, 9.17) is 16.7 Å². The Hall–Kier alpha value is -1.24. The highest BCUT2D eigenvalue weighted by Crippen LogP contribution is 2.23. The van der Waals surface area contributed by atoms with Crippen LogP contribution in [0.15, 0.2) is 12.5 Å². The van der Waals surface area contributed by atoms with Gasteiger partial charge in [0.1, 0.15) is 17.6 Å². The fourth-order valence-electron chi connectivity index (χ4n) is 1.02. The zero-order valence-electron chi connectivity index (χ0n) is 7.54. The van der Waals surface area contributed by atoms with Crippen LogP contribution in [0.2, 0.25) is 5.15 Å². The minimum atomic E-state index is -1.44. The van der Waals surface area contributed by atoms with Crippen molar-refractivity contribution in [3.8, 4) is 0 Å². The van der Waals surface area contributed by atoms with Crippen LogP contribution in [-0.2, 0) is 4.79 Å². The van der Waals surface area contributed by atoms with Crippen molar-refractivity contribution >= 4 is 17.6 Å². The molecule has 6 nitrogen and oxygen atoms in total. The summed E-state index contributed by atoms with van der Waals surface area (Å²) in [6.45, 7) is 0. The first-order valence-corrected chi connectivity index (χ1v) is 4.43. The molecule has 0 radical (unpaired) electrons. The van der Waals surface area contributed by atoms with E-state index in [9.17, 15) is 15.0 Å².